The van der Waals surface area contributed by atoms with Crippen LogP contribution >= 0.6 is 0 Å². The number of ether oxygens (including phenoxy) is 1. The van der Waals surface area contributed by atoms with Crippen LogP contribution in [-0.2, 0) is 14.6 Å². The highest BCUT2D eigenvalue weighted by molar-refractivity contribution is 7.91. The zero-order valence-electron chi connectivity index (χ0n) is 13.5. The Morgan fingerprint density at radius 2 is 1.81 bits per heavy atom. The Labute approximate surface area is 129 Å². The van der Waals surface area contributed by atoms with E-state index in [1.54, 1.807) is 7.11 Å². The highest BCUT2D eigenvalue weighted by Gasteiger charge is 2.46. The summed E-state index contributed by atoms with van der Waals surface area (Å²) in [7, 11) is -1.32. The first-order chi connectivity index (χ1) is 9.78. The summed E-state index contributed by atoms with van der Waals surface area (Å²) in [5.41, 5.74) is -0.462. The smallest absolute Gasteiger partial charge is 0.150 e. The molecular formula is C16H30O4S. The van der Waals surface area contributed by atoms with E-state index < -0.39 is 21.5 Å². The predicted octanol–water partition coefficient (Wildman–Crippen LogP) is 2.55. The molecule has 3 unspecified atom stereocenters. The second-order valence-corrected chi connectivity index (χ2v) is 9.60. The Morgan fingerprint density at radius 3 is 2.33 bits per heavy atom. The second-order valence-electron chi connectivity index (χ2n) is 7.27. The van der Waals surface area contributed by atoms with Crippen molar-refractivity contribution in [1.29, 1.82) is 0 Å². The fourth-order valence-electron chi connectivity index (χ4n) is 4.16. The Bertz CT molecular complexity index is 437. The van der Waals surface area contributed by atoms with Crippen molar-refractivity contribution in [2.75, 3.05) is 13.4 Å². The van der Waals surface area contributed by atoms with Crippen molar-refractivity contribution in [3.8, 4) is 0 Å². The van der Waals surface area contributed by atoms with Crippen molar-refractivity contribution in [2.24, 2.45) is 11.8 Å². The number of rotatable bonds is 4. The number of hydrogen-bond donors (Lipinski definition) is 1. The van der Waals surface area contributed by atoms with Gasteiger partial charge in [-0.25, -0.2) is 8.42 Å². The van der Waals surface area contributed by atoms with Gasteiger partial charge < -0.3 is 9.84 Å². The van der Waals surface area contributed by atoms with E-state index in [0.29, 0.717) is 12.3 Å². The molecule has 0 aromatic heterocycles. The summed E-state index contributed by atoms with van der Waals surface area (Å²) in [4.78, 5) is 0. The number of aliphatic hydroxyl groups is 1. The normalized spacial score (nSPS) is 39.9. The molecule has 4 nitrogen and oxygen atoms in total. The first-order valence-corrected chi connectivity index (χ1v) is 10.2. The van der Waals surface area contributed by atoms with Gasteiger partial charge in [-0.2, -0.15) is 0 Å². The maximum atomic E-state index is 11.8. The molecule has 0 aliphatic heterocycles. The van der Waals surface area contributed by atoms with Gasteiger partial charge in [-0.05, 0) is 56.8 Å². The summed E-state index contributed by atoms with van der Waals surface area (Å²) >= 11 is 0. The van der Waals surface area contributed by atoms with Crippen molar-refractivity contribution in [2.45, 2.75) is 75.2 Å². The summed E-state index contributed by atoms with van der Waals surface area (Å²) in [6, 6.07) is 0. The van der Waals surface area contributed by atoms with Crippen molar-refractivity contribution in [1.82, 2.24) is 0 Å². The van der Waals surface area contributed by atoms with Gasteiger partial charge in [-0.15, -0.1) is 0 Å². The van der Waals surface area contributed by atoms with E-state index in [9.17, 15) is 13.5 Å². The van der Waals surface area contributed by atoms with Crippen LogP contribution in [0, 0.1) is 11.8 Å². The van der Waals surface area contributed by atoms with E-state index in [-0.39, 0.29) is 11.2 Å². The minimum atomic E-state index is -3.01. The average molecular weight is 318 g/mol. The molecule has 0 spiro atoms. The molecule has 0 aromatic rings. The van der Waals surface area contributed by atoms with Gasteiger partial charge in [0.25, 0.3) is 0 Å². The maximum absolute atomic E-state index is 11.8. The third kappa shape index (κ3) is 3.80. The maximum Gasteiger partial charge on any atom is 0.150 e. The lowest BCUT2D eigenvalue weighted by atomic mass is 9.70. The lowest BCUT2D eigenvalue weighted by Crippen LogP contribution is -2.51. The molecule has 5 heteroatoms. The average Bonchev–Trinajstić information content (AvgIpc) is 2.47. The molecule has 124 valence electrons. The Balaban J connectivity index is 2.09. The predicted molar refractivity (Wildman–Crippen MR) is 84.0 cm³/mol. The van der Waals surface area contributed by atoms with Crippen LogP contribution in [0.25, 0.3) is 0 Å². The number of aliphatic hydroxyl groups excluding tert-OH is 1. The number of methoxy groups -OCH3 is 1. The molecule has 3 atom stereocenters. The van der Waals surface area contributed by atoms with Crippen LogP contribution in [0.4, 0.5) is 0 Å². The Kier molecular flexibility index (Phi) is 5.37. The van der Waals surface area contributed by atoms with E-state index in [0.717, 1.165) is 44.9 Å². The Morgan fingerprint density at radius 1 is 1.19 bits per heavy atom. The van der Waals surface area contributed by atoms with Crippen LogP contribution in [0.2, 0.25) is 0 Å². The van der Waals surface area contributed by atoms with Gasteiger partial charge in [0.2, 0.25) is 0 Å². The molecule has 0 heterocycles. The lowest BCUT2D eigenvalue weighted by molar-refractivity contribution is -0.150. The van der Waals surface area contributed by atoms with Gasteiger partial charge >= 0.3 is 0 Å². The molecule has 21 heavy (non-hydrogen) atoms. The summed E-state index contributed by atoms with van der Waals surface area (Å²) in [6.07, 6.45) is 7.81. The zero-order valence-corrected chi connectivity index (χ0v) is 14.4. The largest absolute Gasteiger partial charge is 0.390 e. The zero-order chi connectivity index (χ0) is 15.7. The molecule has 2 aliphatic carbocycles. The molecule has 0 saturated heterocycles. The molecular weight excluding hydrogens is 288 g/mol. The van der Waals surface area contributed by atoms with Gasteiger partial charge in [-0.3, -0.25) is 0 Å². The fourth-order valence-corrected chi connectivity index (χ4v) is 5.35. The first kappa shape index (κ1) is 17.2. The third-order valence-corrected chi connectivity index (χ3v) is 7.42. The Hall–Kier alpha value is -0.130. The number of sulfone groups is 1. The first-order valence-electron chi connectivity index (χ1n) is 8.20. The molecule has 2 fully saturated rings. The van der Waals surface area contributed by atoms with E-state index in [1.165, 1.54) is 6.26 Å². The van der Waals surface area contributed by atoms with Crippen molar-refractivity contribution >= 4 is 9.84 Å². The van der Waals surface area contributed by atoms with Crippen molar-refractivity contribution in [3.63, 3.8) is 0 Å². The minimum absolute atomic E-state index is 0.0480. The molecule has 1 N–H and O–H groups in total. The summed E-state index contributed by atoms with van der Waals surface area (Å²) in [5, 5.41) is 10.6. The molecule has 2 aliphatic rings. The van der Waals surface area contributed by atoms with Crippen LogP contribution in [0.5, 0.6) is 0 Å². The topological polar surface area (TPSA) is 63.6 Å². The highest BCUT2D eigenvalue weighted by atomic mass is 32.2. The summed E-state index contributed by atoms with van der Waals surface area (Å²) < 4.78 is 29.4. The molecule has 0 amide bonds. The third-order valence-electron chi connectivity index (χ3n) is 5.78. The summed E-state index contributed by atoms with van der Waals surface area (Å²) in [6.45, 7) is 2.24. The van der Waals surface area contributed by atoms with Crippen LogP contribution in [0.15, 0.2) is 0 Å². The molecule has 0 radical (unpaired) electrons. The second kappa shape index (κ2) is 6.55. The standard InChI is InChI=1S/C16H30O4S/c1-12-7-9-16(20-2,10-8-12)15(17)13-5-4-6-14(11-13)21(3,18)19/h12-15,17H,4-11H2,1-3H3. The van der Waals surface area contributed by atoms with Gasteiger partial charge in [0.15, 0.2) is 0 Å². The molecule has 0 bridgehead atoms. The highest BCUT2D eigenvalue weighted by Crippen LogP contribution is 2.42. The van der Waals surface area contributed by atoms with Crippen LogP contribution in [0.1, 0.15) is 58.3 Å². The van der Waals surface area contributed by atoms with E-state index in [1.807, 2.05) is 0 Å². The van der Waals surface area contributed by atoms with Gasteiger partial charge in [0.1, 0.15) is 9.84 Å². The molecule has 2 rings (SSSR count). The van der Waals surface area contributed by atoms with Crippen LogP contribution in [0.3, 0.4) is 0 Å². The van der Waals surface area contributed by atoms with E-state index in [2.05, 4.69) is 6.92 Å². The molecule has 2 saturated carbocycles. The lowest BCUT2D eigenvalue weighted by Gasteiger charge is -2.46. The van der Waals surface area contributed by atoms with Gasteiger partial charge in [-0.1, -0.05) is 13.3 Å². The quantitative estimate of drug-likeness (QED) is 0.865. The summed E-state index contributed by atoms with van der Waals surface area (Å²) in [5.74, 6) is 0.738. The fraction of sp³-hybridized carbons (Fsp3) is 1.00. The number of hydrogen-bond acceptors (Lipinski definition) is 4. The van der Waals surface area contributed by atoms with Gasteiger partial charge in [0, 0.05) is 13.4 Å². The van der Waals surface area contributed by atoms with E-state index in [4.69, 9.17) is 4.74 Å². The molecule has 0 aromatic carbocycles. The van der Waals surface area contributed by atoms with Gasteiger partial charge in [0.05, 0.1) is 17.0 Å². The van der Waals surface area contributed by atoms with E-state index >= 15 is 0 Å². The van der Waals surface area contributed by atoms with Crippen LogP contribution in [-0.4, -0.2) is 43.8 Å². The monoisotopic (exact) mass is 318 g/mol. The van der Waals surface area contributed by atoms with Crippen molar-refractivity contribution in [3.05, 3.63) is 0 Å². The SMILES string of the molecule is COC1(C(O)C2CCCC(S(C)(=O)=O)C2)CCC(C)CC1. The van der Waals surface area contributed by atoms with Crippen molar-refractivity contribution < 1.29 is 18.3 Å². The van der Waals surface area contributed by atoms with Crippen LogP contribution < -0.4 is 0 Å². The minimum Gasteiger partial charge on any atom is -0.390 e.